The number of aryl methyl sites for hydroxylation is 3. The molecule has 3 aromatic rings. The van der Waals surface area contributed by atoms with Crippen molar-refractivity contribution in [2.75, 3.05) is 5.32 Å². The number of thiazole rings is 1. The van der Waals surface area contributed by atoms with E-state index in [0.717, 1.165) is 4.88 Å². The molecule has 116 valence electrons. The number of hydrogen-bond acceptors (Lipinski definition) is 3. The van der Waals surface area contributed by atoms with Crippen molar-refractivity contribution in [1.82, 2.24) is 4.98 Å². The Balaban J connectivity index is 1.86. The lowest BCUT2D eigenvalue weighted by Crippen LogP contribution is -2.11. The van der Waals surface area contributed by atoms with Crippen LogP contribution >= 0.6 is 11.3 Å². The number of nitrogens with zero attached hydrogens (tertiary/aromatic N) is 1. The third kappa shape index (κ3) is 3.32. The first-order valence-corrected chi connectivity index (χ1v) is 8.26. The lowest BCUT2D eigenvalue weighted by atomic mass is 9.99. The van der Waals surface area contributed by atoms with Gasteiger partial charge in [0.25, 0.3) is 5.91 Å². The van der Waals surface area contributed by atoms with Gasteiger partial charge in [0.05, 0.1) is 4.88 Å². The highest BCUT2D eigenvalue weighted by Crippen LogP contribution is 2.34. The second-order valence-electron chi connectivity index (χ2n) is 5.62. The van der Waals surface area contributed by atoms with Gasteiger partial charge in [0.15, 0.2) is 5.13 Å². The van der Waals surface area contributed by atoms with Gasteiger partial charge in [-0.05, 0) is 49.6 Å². The van der Waals surface area contributed by atoms with Crippen molar-refractivity contribution in [3.8, 4) is 10.4 Å². The molecule has 0 radical (unpaired) electrons. The fraction of sp³-hybridized carbons (Fsp3) is 0.158. The molecule has 0 atom stereocenters. The van der Waals surface area contributed by atoms with Crippen LogP contribution in [0.15, 0.2) is 48.7 Å². The zero-order valence-electron chi connectivity index (χ0n) is 13.4. The minimum Gasteiger partial charge on any atom is -0.298 e. The Bertz CT molecular complexity index is 830. The summed E-state index contributed by atoms with van der Waals surface area (Å²) >= 11 is 1.50. The molecule has 1 N–H and O–H groups in total. The maximum atomic E-state index is 12.2. The molecule has 0 aliphatic carbocycles. The van der Waals surface area contributed by atoms with Crippen LogP contribution in [-0.4, -0.2) is 10.9 Å². The first-order chi connectivity index (χ1) is 11.0. The molecule has 3 rings (SSSR count). The Hall–Kier alpha value is -2.46. The Morgan fingerprint density at radius 2 is 1.70 bits per heavy atom. The average Bonchev–Trinajstić information content (AvgIpc) is 2.95. The molecular formula is C19H18N2OS. The summed E-state index contributed by atoms with van der Waals surface area (Å²) < 4.78 is 0. The molecule has 1 amide bonds. The Morgan fingerprint density at radius 1 is 1.04 bits per heavy atom. The van der Waals surface area contributed by atoms with E-state index in [-0.39, 0.29) is 5.91 Å². The Kier molecular flexibility index (Phi) is 4.26. The molecule has 0 saturated carbocycles. The van der Waals surface area contributed by atoms with E-state index in [1.807, 2.05) is 24.4 Å². The standard InChI is InChI=1S/C19H18N2OS/c1-12-9-13(2)17(14(3)10-12)16-11-20-19(23-16)21-18(22)15-7-5-4-6-8-15/h4-11H,1-3H3,(H,20,21,22). The molecule has 0 aliphatic heterocycles. The van der Waals surface area contributed by atoms with Gasteiger partial charge in [-0.2, -0.15) is 0 Å². The molecule has 23 heavy (non-hydrogen) atoms. The van der Waals surface area contributed by atoms with Crippen molar-refractivity contribution >= 4 is 22.4 Å². The van der Waals surface area contributed by atoms with Gasteiger partial charge in [-0.1, -0.05) is 47.2 Å². The van der Waals surface area contributed by atoms with Crippen LogP contribution in [0.25, 0.3) is 10.4 Å². The highest BCUT2D eigenvalue weighted by atomic mass is 32.1. The SMILES string of the molecule is Cc1cc(C)c(-c2cnc(NC(=O)c3ccccc3)s2)c(C)c1. The monoisotopic (exact) mass is 322 g/mol. The van der Waals surface area contributed by atoms with Crippen LogP contribution in [0.5, 0.6) is 0 Å². The maximum Gasteiger partial charge on any atom is 0.257 e. The fourth-order valence-electron chi connectivity index (χ4n) is 2.77. The summed E-state index contributed by atoms with van der Waals surface area (Å²) in [6.07, 6.45) is 1.83. The number of carbonyl (C=O) groups excluding carboxylic acids is 1. The maximum absolute atomic E-state index is 12.2. The summed E-state index contributed by atoms with van der Waals surface area (Å²) in [6, 6.07) is 13.5. The second kappa shape index (κ2) is 6.34. The summed E-state index contributed by atoms with van der Waals surface area (Å²) in [5.41, 5.74) is 5.55. The lowest BCUT2D eigenvalue weighted by Gasteiger charge is -2.08. The van der Waals surface area contributed by atoms with E-state index in [4.69, 9.17) is 0 Å². The lowest BCUT2D eigenvalue weighted by molar-refractivity contribution is 0.102. The highest BCUT2D eigenvalue weighted by Gasteiger charge is 2.12. The summed E-state index contributed by atoms with van der Waals surface area (Å²) in [5.74, 6) is -0.135. The molecule has 2 aromatic carbocycles. The Morgan fingerprint density at radius 3 is 2.35 bits per heavy atom. The number of amides is 1. The van der Waals surface area contributed by atoms with Crippen molar-refractivity contribution in [2.24, 2.45) is 0 Å². The van der Waals surface area contributed by atoms with Gasteiger partial charge in [-0.15, -0.1) is 0 Å². The van der Waals surface area contributed by atoms with Gasteiger partial charge in [0, 0.05) is 11.8 Å². The molecule has 0 spiro atoms. The minimum atomic E-state index is -0.135. The quantitative estimate of drug-likeness (QED) is 0.738. The van der Waals surface area contributed by atoms with E-state index >= 15 is 0 Å². The van der Waals surface area contributed by atoms with Crippen LogP contribution in [0.2, 0.25) is 0 Å². The third-order valence-corrected chi connectivity index (χ3v) is 4.62. The summed E-state index contributed by atoms with van der Waals surface area (Å²) in [7, 11) is 0. The van der Waals surface area contributed by atoms with Crippen LogP contribution in [0.4, 0.5) is 5.13 Å². The molecular weight excluding hydrogens is 304 g/mol. The zero-order chi connectivity index (χ0) is 16.4. The van der Waals surface area contributed by atoms with Crippen molar-refractivity contribution in [2.45, 2.75) is 20.8 Å². The van der Waals surface area contributed by atoms with Gasteiger partial charge in [-0.25, -0.2) is 4.98 Å². The average molecular weight is 322 g/mol. The fourth-order valence-corrected chi connectivity index (χ4v) is 3.76. The minimum absolute atomic E-state index is 0.135. The largest absolute Gasteiger partial charge is 0.298 e. The van der Waals surface area contributed by atoms with Crippen molar-refractivity contribution in [3.63, 3.8) is 0 Å². The number of rotatable bonds is 3. The molecule has 1 aromatic heterocycles. The molecule has 0 aliphatic rings. The molecule has 4 heteroatoms. The van der Waals surface area contributed by atoms with Gasteiger partial charge in [0.2, 0.25) is 0 Å². The molecule has 0 bridgehead atoms. The highest BCUT2D eigenvalue weighted by molar-refractivity contribution is 7.19. The van der Waals surface area contributed by atoms with E-state index in [2.05, 4.69) is 43.2 Å². The molecule has 1 heterocycles. The van der Waals surface area contributed by atoms with Crippen LogP contribution in [0.3, 0.4) is 0 Å². The summed E-state index contributed by atoms with van der Waals surface area (Å²) in [6.45, 7) is 6.32. The molecule has 0 saturated heterocycles. The van der Waals surface area contributed by atoms with Gasteiger partial charge in [0.1, 0.15) is 0 Å². The predicted molar refractivity (Wildman–Crippen MR) is 96.2 cm³/mol. The molecule has 0 fully saturated rings. The zero-order valence-corrected chi connectivity index (χ0v) is 14.2. The first-order valence-electron chi connectivity index (χ1n) is 7.45. The van der Waals surface area contributed by atoms with Crippen LogP contribution in [0, 0.1) is 20.8 Å². The van der Waals surface area contributed by atoms with E-state index in [0.29, 0.717) is 10.7 Å². The number of anilines is 1. The smallest absolute Gasteiger partial charge is 0.257 e. The van der Waals surface area contributed by atoms with Crippen molar-refractivity contribution < 1.29 is 4.79 Å². The topological polar surface area (TPSA) is 42.0 Å². The number of hydrogen-bond donors (Lipinski definition) is 1. The number of aromatic nitrogens is 1. The molecule has 3 nitrogen and oxygen atoms in total. The molecule has 0 unspecified atom stereocenters. The van der Waals surface area contributed by atoms with Crippen LogP contribution in [-0.2, 0) is 0 Å². The second-order valence-corrected chi connectivity index (χ2v) is 6.65. The summed E-state index contributed by atoms with van der Waals surface area (Å²) in [5, 5.41) is 3.49. The Labute approximate surface area is 140 Å². The van der Waals surface area contributed by atoms with E-state index in [9.17, 15) is 4.79 Å². The van der Waals surface area contributed by atoms with E-state index < -0.39 is 0 Å². The third-order valence-electron chi connectivity index (χ3n) is 3.69. The van der Waals surface area contributed by atoms with Gasteiger partial charge in [-0.3, -0.25) is 10.1 Å². The van der Waals surface area contributed by atoms with Crippen LogP contribution < -0.4 is 5.32 Å². The predicted octanol–water partition coefficient (Wildman–Crippen LogP) is 4.99. The van der Waals surface area contributed by atoms with Gasteiger partial charge >= 0.3 is 0 Å². The number of benzene rings is 2. The van der Waals surface area contributed by atoms with Crippen molar-refractivity contribution in [3.05, 3.63) is 70.9 Å². The number of nitrogens with one attached hydrogen (secondary N) is 1. The first kappa shape index (κ1) is 15.4. The van der Waals surface area contributed by atoms with Gasteiger partial charge < -0.3 is 0 Å². The van der Waals surface area contributed by atoms with E-state index in [1.165, 1.54) is 33.6 Å². The van der Waals surface area contributed by atoms with Crippen LogP contribution in [0.1, 0.15) is 27.0 Å². The van der Waals surface area contributed by atoms with Crippen molar-refractivity contribution in [1.29, 1.82) is 0 Å². The number of carbonyl (C=O) groups is 1. The summed E-state index contributed by atoms with van der Waals surface area (Å²) in [4.78, 5) is 17.6. The van der Waals surface area contributed by atoms with E-state index in [1.54, 1.807) is 12.1 Å². The normalized spacial score (nSPS) is 10.6.